The third-order valence-corrected chi connectivity index (χ3v) is 2.34. The minimum atomic E-state index is 0.690. The van der Waals surface area contributed by atoms with Gasteiger partial charge in [-0.15, -0.1) is 0 Å². The lowest BCUT2D eigenvalue weighted by molar-refractivity contribution is 0.714. The summed E-state index contributed by atoms with van der Waals surface area (Å²) in [7, 11) is 0. The minimum Gasteiger partial charge on any atom is -0.311 e. The van der Waals surface area contributed by atoms with E-state index in [2.05, 4.69) is 17.2 Å². The lowest BCUT2D eigenvalue weighted by Gasteiger charge is -1.94. The summed E-state index contributed by atoms with van der Waals surface area (Å²) in [6, 6.07) is 3.76. The van der Waals surface area contributed by atoms with E-state index in [1.807, 2.05) is 28.9 Å². The topological polar surface area (TPSA) is 29.3 Å². The highest BCUT2D eigenvalue weighted by Gasteiger charge is 2.03. The highest BCUT2D eigenvalue weighted by Crippen LogP contribution is 2.15. The van der Waals surface area contributed by atoms with Gasteiger partial charge in [0.05, 0.1) is 10.7 Å². The number of nitrogens with zero attached hydrogens (tertiary/aromatic N) is 2. The molecule has 0 spiro atoms. The summed E-state index contributed by atoms with van der Waals surface area (Å²) in [5.41, 5.74) is 1.84. The molecule has 0 unspecified atom stereocenters. The Balaban J connectivity index is 2.36. The normalized spacial score (nSPS) is 11.0. The standard InChI is InChI=1S/C10H12ClN3/c1-2-12-6-8-7-14-5-3-4-9(11)10(14)13-8/h3-5,7,12H,2,6H2,1H3. The van der Waals surface area contributed by atoms with Gasteiger partial charge in [0.1, 0.15) is 0 Å². The summed E-state index contributed by atoms with van der Waals surface area (Å²) in [6.07, 6.45) is 3.94. The first-order chi connectivity index (χ1) is 6.81. The molecule has 0 bridgehead atoms. The largest absolute Gasteiger partial charge is 0.311 e. The molecular weight excluding hydrogens is 198 g/mol. The molecule has 0 aliphatic rings. The van der Waals surface area contributed by atoms with E-state index in [0.717, 1.165) is 24.4 Å². The van der Waals surface area contributed by atoms with Crippen molar-refractivity contribution in [2.75, 3.05) is 6.54 Å². The van der Waals surface area contributed by atoms with E-state index in [9.17, 15) is 0 Å². The van der Waals surface area contributed by atoms with Crippen molar-refractivity contribution in [3.05, 3.63) is 35.2 Å². The zero-order valence-electron chi connectivity index (χ0n) is 8.00. The maximum Gasteiger partial charge on any atom is 0.155 e. The van der Waals surface area contributed by atoms with Gasteiger partial charge in [0.25, 0.3) is 0 Å². The highest BCUT2D eigenvalue weighted by atomic mass is 35.5. The Labute approximate surface area is 87.7 Å². The monoisotopic (exact) mass is 209 g/mol. The molecule has 0 saturated heterocycles. The van der Waals surface area contributed by atoms with Gasteiger partial charge in [0, 0.05) is 18.9 Å². The average Bonchev–Trinajstić information content (AvgIpc) is 2.59. The van der Waals surface area contributed by atoms with Crippen LogP contribution < -0.4 is 5.32 Å². The lowest BCUT2D eigenvalue weighted by atomic mass is 10.5. The van der Waals surface area contributed by atoms with E-state index < -0.39 is 0 Å². The predicted octanol–water partition coefficient (Wildman–Crippen LogP) is 2.10. The summed E-state index contributed by atoms with van der Waals surface area (Å²) >= 11 is 6.00. The predicted molar refractivity (Wildman–Crippen MR) is 57.6 cm³/mol. The van der Waals surface area contributed by atoms with Crippen molar-refractivity contribution in [3.8, 4) is 0 Å². The number of aromatic nitrogens is 2. The van der Waals surface area contributed by atoms with Gasteiger partial charge in [0.2, 0.25) is 0 Å². The molecule has 0 atom stereocenters. The Morgan fingerprint density at radius 1 is 1.57 bits per heavy atom. The lowest BCUT2D eigenvalue weighted by Crippen LogP contribution is -2.11. The second-order valence-electron chi connectivity index (χ2n) is 3.10. The van der Waals surface area contributed by atoms with Crippen molar-refractivity contribution >= 4 is 17.2 Å². The first kappa shape index (κ1) is 9.49. The fourth-order valence-electron chi connectivity index (χ4n) is 1.37. The molecule has 2 aromatic rings. The van der Waals surface area contributed by atoms with Gasteiger partial charge in [0.15, 0.2) is 5.65 Å². The fourth-order valence-corrected chi connectivity index (χ4v) is 1.58. The van der Waals surface area contributed by atoms with Crippen LogP contribution in [0.25, 0.3) is 5.65 Å². The van der Waals surface area contributed by atoms with Crippen molar-refractivity contribution in [2.45, 2.75) is 13.5 Å². The Morgan fingerprint density at radius 2 is 2.43 bits per heavy atom. The molecule has 0 aromatic carbocycles. The molecule has 1 N–H and O–H groups in total. The molecule has 74 valence electrons. The van der Waals surface area contributed by atoms with E-state index in [0.29, 0.717) is 5.02 Å². The van der Waals surface area contributed by atoms with Crippen LogP contribution in [-0.2, 0) is 6.54 Å². The number of nitrogens with one attached hydrogen (secondary N) is 1. The summed E-state index contributed by atoms with van der Waals surface area (Å²) in [4.78, 5) is 4.42. The molecule has 2 rings (SSSR count). The van der Waals surface area contributed by atoms with Gasteiger partial charge in [-0.2, -0.15) is 0 Å². The second kappa shape index (κ2) is 3.98. The molecule has 4 heteroatoms. The Hall–Kier alpha value is -1.06. The summed E-state index contributed by atoms with van der Waals surface area (Å²) < 4.78 is 1.94. The van der Waals surface area contributed by atoms with E-state index in [4.69, 9.17) is 11.6 Å². The number of fused-ring (bicyclic) bond motifs is 1. The molecule has 0 radical (unpaired) electrons. The molecule has 0 saturated carbocycles. The molecule has 0 amide bonds. The molecule has 2 heterocycles. The second-order valence-corrected chi connectivity index (χ2v) is 3.51. The number of pyridine rings is 1. The van der Waals surface area contributed by atoms with Crippen LogP contribution in [0.1, 0.15) is 12.6 Å². The van der Waals surface area contributed by atoms with Crippen LogP contribution in [0.15, 0.2) is 24.5 Å². The number of hydrogen-bond donors (Lipinski definition) is 1. The van der Waals surface area contributed by atoms with Gasteiger partial charge >= 0.3 is 0 Å². The van der Waals surface area contributed by atoms with Crippen molar-refractivity contribution in [2.24, 2.45) is 0 Å². The zero-order chi connectivity index (χ0) is 9.97. The van der Waals surface area contributed by atoms with Gasteiger partial charge in [-0.3, -0.25) is 0 Å². The fraction of sp³-hybridized carbons (Fsp3) is 0.300. The van der Waals surface area contributed by atoms with Crippen LogP contribution in [-0.4, -0.2) is 15.9 Å². The Morgan fingerprint density at radius 3 is 3.14 bits per heavy atom. The third-order valence-electron chi connectivity index (χ3n) is 2.04. The molecule has 0 fully saturated rings. The molecule has 3 nitrogen and oxygen atoms in total. The molecule has 0 aliphatic heterocycles. The first-order valence-corrected chi connectivity index (χ1v) is 5.02. The average molecular weight is 210 g/mol. The third kappa shape index (κ3) is 1.74. The van der Waals surface area contributed by atoms with Crippen LogP contribution in [0.3, 0.4) is 0 Å². The number of hydrogen-bond acceptors (Lipinski definition) is 2. The first-order valence-electron chi connectivity index (χ1n) is 4.64. The summed E-state index contributed by atoms with van der Waals surface area (Å²) in [6.45, 7) is 3.80. The van der Waals surface area contributed by atoms with Gasteiger partial charge in [-0.25, -0.2) is 4.98 Å². The maximum absolute atomic E-state index is 6.00. The van der Waals surface area contributed by atoms with Crippen LogP contribution >= 0.6 is 11.6 Å². The van der Waals surface area contributed by atoms with E-state index in [1.54, 1.807) is 0 Å². The summed E-state index contributed by atoms with van der Waals surface area (Å²) in [5, 5.41) is 3.92. The minimum absolute atomic E-state index is 0.690. The van der Waals surface area contributed by atoms with Crippen LogP contribution in [0, 0.1) is 0 Å². The smallest absolute Gasteiger partial charge is 0.155 e. The SMILES string of the molecule is CCNCc1cn2cccc(Cl)c2n1. The van der Waals surface area contributed by atoms with Gasteiger partial charge in [-0.05, 0) is 18.7 Å². The number of halogens is 1. The van der Waals surface area contributed by atoms with Crippen LogP contribution in [0.5, 0.6) is 0 Å². The summed E-state index contributed by atoms with van der Waals surface area (Å²) in [5.74, 6) is 0. The zero-order valence-corrected chi connectivity index (χ0v) is 8.75. The van der Waals surface area contributed by atoms with Gasteiger partial charge in [-0.1, -0.05) is 18.5 Å². The van der Waals surface area contributed by atoms with Crippen molar-refractivity contribution < 1.29 is 0 Å². The van der Waals surface area contributed by atoms with Crippen LogP contribution in [0.2, 0.25) is 5.02 Å². The molecule has 14 heavy (non-hydrogen) atoms. The molecule has 0 aliphatic carbocycles. The van der Waals surface area contributed by atoms with Gasteiger partial charge < -0.3 is 9.72 Å². The molecule has 2 aromatic heterocycles. The number of rotatable bonds is 3. The van der Waals surface area contributed by atoms with Crippen molar-refractivity contribution in [3.63, 3.8) is 0 Å². The Kier molecular flexibility index (Phi) is 2.70. The van der Waals surface area contributed by atoms with Crippen LogP contribution in [0.4, 0.5) is 0 Å². The quantitative estimate of drug-likeness (QED) is 0.839. The number of imidazole rings is 1. The molecular formula is C10H12ClN3. The van der Waals surface area contributed by atoms with Crippen molar-refractivity contribution in [1.82, 2.24) is 14.7 Å². The Bertz CT molecular complexity index is 436. The van der Waals surface area contributed by atoms with Crippen molar-refractivity contribution in [1.29, 1.82) is 0 Å². The highest BCUT2D eigenvalue weighted by molar-refractivity contribution is 6.33. The van der Waals surface area contributed by atoms with E-state index in [-0.39, 0.29) is 0 Å². The van der Waals surface area contributed by atoms with E-state index in [1.165, 1.54) is 0 Å². The van der Waals surface area contributed by atoms with E-state index >= 15 is 0 Å². The maximum atomic E-state index is 6.00.